The summed E-state index contributed by atoms with van der Waals surface area (Å²) in [7, 11) is 0. The average molecular weight is 397 g/mol. The lowest BCUT2D eigenvalue weighted by Gasteiger charge is -2.23. The number of aromatic nitrogens is 2. The molecule has 30 heavy (non-hydrogen) atoms. The standard InChI is InChI=1S/C25H23N3O2/c1-3-27(22-14-8-7-10-18(22)2)24(29)21-16-20-13-9-15-26-23(20)28(25(21)30)17-19-11-5-4-6-12-19/h4-16H,3,17H2,1-2H3. The van der Waals surface area contributed by atoms with Crippen LogP contribution in [0.1, 0.15) is 28.4 Å². The van der Waals surface area contributed by atoms with Gasteiger partial charge in [0.1, 0.15) is 11.2 Å². The number of rotatable bonds is 5. The molecule has 2 aromatic carbocycles. The van der Waals surface area contributed by atoms with Crippen LogP contribution in [0.15, 0.2) is 83.8 Å². The summed E-state index contributed by atoms with van der Waals surface area (Å²) in [5.74, 6) is -0.302. The van der Waals surface area contributed by atoms with Crippen molar-refractivity contribution in [1.82, 2.24) is 9.55 Å². The first kappa shape index (κ1) is 19.6. The van der Waals surface area contributed by atoms with Gasteiger partial charge in [-0.15, -0.1) is 0 Å². The zero-order chi connectivity index (χ0) is 21.1. The number of fused-ring (bicyclic) bond motifs is 1. The molecule has 0 saturated heterocycles. The van der Waals surface area contributed by atoms with Gasteiger partial charge in [-0.3, -0.25) is 14.2 Å². The average Bonchev–Trinajstić information content (AvgIpc) is 2.78. The molecule has 2 aromatic heterocycles. The van der Waals surface area contributed by atoms with E-state index >= 15 is 0 Å². The van der Waals surface area contributed by atoms with Crippen LogP contribution in [0.25, 0.3) is 11.0 Å². The minimum Gasteiger partial charge on any atom is -0.308 e. The van der Waals surface area contributed by atoms with Gasteiger partial charge in [0.05, 0.1) is 6.54 Å². The number of carbonyl (C=O) groups is 1. The molecular formula is C25H23N3O2. The molecule has 0 aliphatic carbocycles. The molecule has 5 nitrogen and oxygen atoms in total. The Labute approximate surface area is 175 Å². The second-order valence-electron chi connectivity index (χ2n) is 7.19. The number of amides is 1. The molecule has 0 fully saturated rings. The van der Waals surface area contributed by atoms with Crippen LogP contribution in [0, 0.1) is 6.92 Å². The first-order chi connectivity index (χ1) is 14.6. The quantitative estimate of drug-likeness (QED) is 0.501. The molecule has 0 radical (unpaired) electrons. The lowest BCUT2D eigenvalue weighted by molar-refractivity contribution is 0.0986. The Morgan fingerprint density at radius 3 is 2.47 bits per heavy atom. The molecule has 0 bridgehead atoms. The highest BCUT2D eigenvalue weighted by Crippen LogP contribution is 2.22. The van der Waals surface area contributed by atoms with Crippen LogP contribution in [0.5, 0.6) is 0 Å². The van der Waals surface area contributed by atoms with Gasteiger partial charge >= 0.3 is 0 Å². The van der Waals surface area contributed by atoms with Crippen LogP contribution in [0.2, 0.25) is 0 Å². The largest absolute Gasteiger partial charge is 0.308 e. The minimum atomic E-state index is -0.331. The van der Waals surface area contributed by atoms with Crippen molar-refractivity contribution in [2.24, 2.45) is 0 Å². The Bertz CT molecular complexity index is 1260. The Hall–Kier alpha value is -3.73. The fourth-order valence-corrected chi connectivity index (χ4v) is 3.71. The van der Waals surface area contributed by atoms with Crippen molar-refractivity contribution >= 4 is 22.6 Å². The molecule has 0 spiro atoms. The van der Waals surface area contributed by atoms with E-state index < -0.39 is 0 Å². The molecule has 0 N–H and O–H groups in total. The molecule has 2 heterocycles. The van der Waals surface area contributed by atoms with Crippen LogP contribution >= 0.6 is 0 Å². The number of para-hydroxylation sites is 1. The van der Waals surface area contributed by atoms with Gasteiger partial charge in [-0.1, -0.05) is 48.5 Å². The summed E-state index contributed by atoms with van der Waals surface area (Å²) in [6.45, 7) is 4.69. The predicted molar refractivity (Wildman–Crippen MR) is 120 cm³/mol. The molecule has 4 rings (SSSR count). The Morgan fingerprint density at radius 1 is 1.00 bits per heavy atom. The number of nitrogens with zero attached hydrogens (tertiary/aromatic N) is 3. The van der Waals surface area contributed by atoms with E-state index in [0.717, 1.165) is 22.2 Å². The Kier molecular flexibility index (Phi) is 5.44. The minimum absolute atomic E-state index is 0.150. The van der Waals surface area contributed by atoms with Crippen LogP contribution in [0.4, 0.5) is 5.69 Å². The van der Waals surface area contributed by atoms with Crippen molar-refractivity contribution in [3.63, 3.8) is 0 Å². The molecule has 1 amide bonds. The molecule has 0 saturated carbocycles. The molecule has 4 aromatic rings. The molecule has 0 atom stereocenters. The van der Waals surface area contributed by atoms with Crippen molar-refractivity contribution in [2.75, 3.05) is 11.4 Å². The molecular weight excluding hydrogens is 374 g/mol. The summed E-state index contributed by atoms with van der Waals surface area (Å²) >= 11 is 0. The molecule has 150 valence electrons. The molecule has 5 heteroatoms. The maximum atomic E-state index is 13.5. The lowest BCUT2D eigenvalue weighted by atomic mass is 10.1. The van der Waals surface area contributed by atoms with Crippen LogP contribution < -0.4 is 10.5 Å². The summed E-state index contributed by atoms with van der Waals surface area (Å²) in [6, 6.07) is 22.8. The molecule has 0 unspecified atom stereocenters. The summed E-state index contributed by atoms with van der Waals surface area (Å²) in [4.78, 5) is 33.0. The van der Waals surface area contributed by atoms with E-state index in [1.54, 1.807) is 21.7 Å². The summed E-state index contributed by atoms with van der Waals surface area (Å²) < 4.78 is 1.59. The van der Waals surface area contributed by atoms with E-state index in [9.17, 15) is 9.59 Å². The van der Waals surface area contributed by atoms with E-state index in [-0.39, 0.29) is 17.0 Å². The third kappa shape index (κ3) is 3.62. The molecule has 0 aliphatic heterocycles. The van der Waals surface area contributed by atoms with E-state index in [4.69, 9.17) is 0 Å². The normalized spacial score (nSPS) is 10.9. The van der Waals surface area contributed by atoms with Gasteiger partial charge in [0.25, 0.3) is 11.5 Å². The highest BCUT2D eigenvalue weighted by atomic mass is 16.2. The van der Waals surface area contributed by atoms with Gasteiger partial charge in [-0.25, -0.2) is 4.98 Å². The SMILES string of the molecule is CCN(C(=O)c1cc2cccnc2n(Cc2ccccc2)c1=O)c1ccccc1C. The summed E-state index contributed by atoms with van der Waals surface area (Å²) in [6.07, 6.45) is 1.66. The maximum absolute atomic E-state index is 13.5. The van der Waals surface area contributed by atoms with Crippen molar-refractivity contribution < 1.29 is 4.79 Å². The third-order valence-corrected chi connectivity index (χ3v) is 5.23. The maximum Gasteiger partial charge on any atom is 0.265 e. The zero-order valence-corrected chi connectivity index (χ0v) is 17.1. The number of anilines is 1. The van der Waals surface area contributed by atoms with E-state index in [1.807, 2.05) is 80.6 Å². The van der Waals surface area contributed by atoms with Crippen molar-refractivity contribution in [1.29, 1.82) is 0 Å². The van der Waals surface area contributed by atoms with Crippen molar-refractivity contribution in [3.05, 3.63) is 106 Å². The van der Waals surface area contributed by atoms with Crippen LogP contribution in [-0.2, 0) is 6.54 Å². The highest BCUT2D eigenvalue weighted by molar-refractivity contribution is 6.07. The van der Waals surface area contributed by atoms with Crippen molar-refractivity contribution in [3.8, 4) is 0 Å². The fraction of sp³-hybridized carbons (Fsp3) is 0.160. The van der Waals surface area contributed by atoms with Crippen LogP contribution in [-0.4, -0.2) is 22.0 Å². The summed E-state index contributed by atoms with van der Waals surface area (Å²) in [5.41, 5.74) is 3.16. The number of carbonyl (C=O) groups excluding carboxylic acids is 1. The first-order valence-corrected chi connectivity index (χ1v) is 10.00. The topological polar surface area (TPSA) is 55.2 Å². The fourth-order valence-electron chi connectivity index (χ4n) is 3.71. The van der Waals surface area contributed by atoms with Gasteiger partial charge in [-0.2, -0.15) is 0 Å². The second-order valence-corrected chi connectivity index (χ2v) is 7.19. The van der Waals surface area contributed by atoms with Crippen molar-refractivity contribution in [2.45, 2.75) is 20.4 Å². The van der Waals surface area contributed by atoms with Gasteiger partial charge in [-0.05, 0) is 49.2 Å². The Balaban J connectivity index is 1.87. The first-order valence-electron chi connectivity index (χ1n) is 10.00. The van der Waals surface area contributed by atoms with E-state index in [1.165, 1.54) is 0 Å². The van der Waals surface area contributed by atoms with Gasteiger partial charge in [0.2, 0.25) is 0 Å². The van der Waals surface area contributed by atoms with Crippen LogP contribution in [0.3, 0.4) is 0 Å². The summed E-state index contributed by atoms with van der Waals surface area (Å²) in [5, 5.41) is 0.761. The lowest BCUT2D eigenvalue weighted by Crippen LogP contribution is -2.37. The number of hydrogen-bond acceptors (Lipinski definition) is 3. The zero-order valence-electron chi connectivity index (χ0n) is 17.1. The van der Waals surface area contributed by atoms with Gasteiger partial charge in [0.15, 0.2) is 0 Å². The predicted octanol–water partition coefficient (Wildman–Crippen LogP) is 4.42. The molecule has 0 aliphatic rings. The number of pyridine rings is 2. The van der Waals surface area contributed by atoms with E-state index in [0.29, 0.717) is 18.7 Å². The van der Waals surface area contributed by atoms with Gasteiger partial charge < -0.3 is 4.90 Å². The number of aryl methyl sites for hydroxylation is 1. The number of benzene rings is 2. The van der Waals surface area contributed by atoms with E-state index in [2.05, 4.69) is 4.98 Å². The number of hydrogen-bond donors (Lipinski definition) is 0. The Morgan fingerprint density at radius 2 is 1.73 bits per heavy atom. The highest BCUT2D eigenvalue weighted by Gasteiger charge is 2.23. The second kappa shape index (κ2) is 8.33. The van der Waals surface area contributed by atoms with Gasteiger partial charge in [0, 0.05) is 23.8 Å². The third-order valence-electron chi connectivity index (χ3n) is 5.23. The monoisotopic (exact) mass is 397 g/mol. The smallest absolute Gasteiger partial charge is 0.265 e.